The molecule has 2 rings (SSSR count). The van der Waals surface area contributed by atoms with Crippen LogP contribution in [0.3, 0.4) is 0 Å². The molecule has 110 valence electrons. The third kappa shape index (κ3) is 3.34. The van der Waals surface area contributed by atoms with E-state index in [0.29, 0.717) is 5.01 Å². The fourth-order valence-corrected chi connectivity index (χ4v) is 2.39. The number of hydrogen-bond donors (Lipinski definition) is 3. The molecule has 0 saturated heterocycles. The van der Waals surface area contributed by atoms with Gasteiger partial charge in [-0.3, -0.25) is 4.79 Å². The molecule has 0 radical (unpaired) electrons. The molecule has 1 amide bonds. The van der Waals surface area contributed by atoms with Crippen LogP contribution in [0.4, 0.5) is 10.1 Å². The van der Waals surface area contributed by atoms with Gasteiger partial charge in [-0.2, -0.15) is 0 Å². The second-order valence-corrected chi connectivity index (χ2v) is 5.20. The van der Waals surface area contributed by atoms with Crippen molar-refractivity contribution in [2.24, 2.45) is 0 Å². The van der Waals surface area contributed by atoms with Gasteiger partial charge in [-0.1, -0.05) is 0 Å². The largest absolute Gasteiger partial charge is 0.476 e. The summed E-state index contributed by atoms with van der Waals surface area (Å²) in [5.41, 5.74) is 5.36. The summed E-state index contributed by atoms with van der Waals surface area (Å²) in [6, 6.07) is 3.27. The number of anilines is 1. The van der Waals surface area contributed by atoms with Crippen LogP contribution in [0.25, 0.3) is 0 Å². The van der Waals surface area contributed by atoms with Gasteiger partial charge in [0.1, 0.15) is 10.8 Å². The SMILES string of the molecule is CC(NC(=O)c1ccc(N)c(F)c1)c1nc(C(=O)O)cs1. The van der Waals surface area contributed by atoms with Gasteiger partial charge < -0.3 is 16.2 Å². The molecular formula is C13H12FN3O3S. The van der Waals surface area contributed by atoms with Crippen LogP contribution < -0.4 is 11.1 Å². The Bertz CT molecular complexity index is 702. The van der Waals surface area contributed by atoms with Crippen molar-refractivity contribution in [3.05, 3.63) is 45.7 Å². The smallest absolute Gasteiger partial charge is 0.355 e. The molecule has 0 fully saturated rings. The number of nitrogen functional groups attached to an aromatic ring is 1. The molecule has 0 aliphatic carbocycles. The van der Waals surface area contributed by atoms with E-state index in [-0.39, 0.29) is 16.9 Å². The Morgan fingerprint density at radius 2 is 2.19 bits per heavy atom. The van der Waals surface area contributed by atoms with Crippen LogP contribution in [0.2, 0.25) is 0 Å². The Morgan fingerprint density at radius 1 is 1.48 bits per heavy atom. The number of rotatable bonds is 4. The van der Waals surface area contributed by atoms with Crippen LogP contribution in [0.5, 0.6) is 0 Å². The molecule has 0 aliphatic rings. The second-order valence-electron chi connectivity index (χ2n) is 4.31. The quantitative estimate of drug-likeness (QED) is 0.750. The first-order chi connectivity index (χ1) is 9.88. The van der Waals surface area contributed by atoms with E-state index in [1.54, 1.807) is 6.92 Å². The third-order valence-electron chi connectivity index (χ3n) is 2.72. The van der Waals surface area contributed by atoms with Gasteiger partial charge in [0.25, 0.3) is 5.91 Å². The van der Waals surface area contributed by atoms with Crippen LogP contribution >= 0.6 is 11.3 Å². The van der Waals surface area contributed by atoms with Gasteiger partial charge in [0.05, 0.1) is 11.7 Å². The molecule has 4 N–H and O–H groups in total. The van der Waals surface area contributed by atoms with Crippen LogP contribution in [-0.2, 0) is 0 Å². The number of nitrogens with two attached hydrogens (primary N) is 1. The predicted molar refractivity (Wildman–Crippen MR) is 75.8 cm³/mol. The summed E-state index contributed by atoms with van der Waals surface area (Å²) in [5, 5.41) is 13.3. The van der Waals surface area contributed by atoms with Crippen LogP contribution in [0.15, 0.2) is 23.6 Å². The average Bonchev–Trinajstić information content (AvgIpc) is 2.91. The van der Waals surface area contributed by atoms with E-state index < -0.39 is 23.7 Å². The van der Waals surface area contributed by atoms with E-state index in [2.05, 4.69) is 10.3 Å². The number of carbonyl (C=O) groups is 2. The maximum absolute atomic E-state index is 13.3. The second kappa shape index (κ2) is 5.88. The summed E-state index contributed by atoms with van der Waals surface area (Å²) in [6.07, 6.45) is 0. The maximum Gasteiger partial charge on any atom is 0.355 e. The van der Waals surface area contributed by atoms with Gasteiger partial charge in [0.15, 0.2) is 5.69 Å². The number of nitrogens with one attached hydrogen (secondary N) is 1. The number of hydrogen-bond acceptors (Lipinski definition) is 5. The fraction of sp³-hybridized carbons (Fsp3) is 0.154. The number of carbonyl (C=O) groups excluding carboxylic acids is 1. The lowest BCUT2D eigenvalue weighted by atomic mass is 10.1. The van der Waals surface area contributed by atoms with E-state index in [4.69, 9.17) is 10.8 Å². The highest BCUT2D eigenvalue weighted by molar-refractivity contribution is 7.09. The van der Waals surface area contributed by atoms with Crippen molar-refractivity contribution in [3.8, 4) is 0 Å². The van der Waals surface area contributed by atoms with Gasteiger partial charge in [-0.15, -0.1) is 11.3 Å². The fourth-order valence-electron chi connectivity index (χ4n) is 1.59. The van der Waals surface area contributed by atoms with Crippen molar-refractivity contribution in [2.75, 3.05) is 5.73 Å². The van der Waals surface area contributed by atoms with Crippen molar-refractivity contribution in [2.45, 2.75) is 13.0 Å². The number of carboxylic acids is 1. The molecule has 0 bridgehead atoms. The third-order valence-corrected chi connectivity index (χ3v) is 3.75. The summed E-state index contributed by atoms with van der Waals surface area (Å²) >= 11 is 1.13. The first kappa shape index (κ1) is 14.9. The summed E-state index contributed by atoms with van der Waals surface area (Å²) < 4.78 is 13.3. The molecule has 0 spiro atoms. The first-order valence-corrected chi connectivity index (χ1v) is 6.81. The van der Waals surface area contributed by atoms with E-state index in [9.17, 15) is 14.0 Å². The van der Waals surface area contributed by atoms with E-state index in [1.807, 2.05) is 0 Å². The minimum Gasteiger partial charge on any atom is -0.476 e. The van der Waals surface area contributed by atoms with Crippen molar-refractivity contribution in [3.63, 3.8) is 0 Å². The lowest BCUT2D eigenvalue weighted by Crippen LogP contribution is -2.26. The van der Waals surface area contributed by atoms with E-state index in [1.165, 1.54) is 17.5 Å². The highest BCUT2D eigenvalue weighted by atomic mass is 32.1. The number of benzene rings is 1. The van der Waals surface area contributed by atoms with Crippen molar-refractivity contribution < 1.29 is 19.1 Å². The maximum atomic E-state index is 13.3. The molecule has 1 aromatic carbocycles. The predicted octanol–water partition coefficient (Wildman–Crippen LogP) is 2.05. The normalized spacial score (nSPS) is 11.9. The van der Waals surface area contributed by atoms with E-state index in [0.717, 1.165) is 17.4 Å². The minimum atomic E-state index is -1.13. The van der Waals surface area contributed by atoms with Crippen molar-refractivity contribution in [1.82, 2.24) is 10.3 Å². The minimum absolute atomic E-state index is 0.0365. The molecule has 1 heterocycles. The van der Waals surface area contributed by atoms with Gasteiger partial charge in [-0.05, 0) is 25.1 Å². The zero-order chi connectivity index (χ0) is 15.6. The van der Waals surface area contributed by atoms with Gasteiger partial charge in [0.2, 0.25) is 0 Å². The van der Waals surface area contributed by atoms with Gasteiger partial charge in [-0.25, -0.2) is 14.2 Å². The topological polar surface area (TPSA) is 105 Å². The molecule has 1 unspecified atom stereocenters. The summed E-state index contributed by atoms with van der Waals surface area (Å²) in [5.74, 6) is -2.29. The highest BCUT2D eigenvalue weighted by Crippen LogP contribution is 2.19. The summed E-state index contributed by atoms with van der Waals surface area (Å²) in [6.45, 7) is 1.66. The number of aromatic nitrogens is 1. The van der Waals surface area contributed by atoms with Crippen molar-refractivity contribution >= 4 is 28.9 Å². The molecule has 0 aliphatic heterocycles. The summed E-state index contributed by atoms with van der Waals surface area (Å²) in [4.78, 5) is 26.6. The van der Waals surface area contributed by atoms with Crippen LogP contribution in [0, 0.1) is 5.82 Å². The monoisotopic (exact) mass is 309 g/mol. The van der Waals surface area contributed by atoms with Crippen molar-refractivity contribution in [1.29, 1.82) is 0 Å². The number of thiazole rings is 1. The van der Waals surface area contributed by atoms with Gasteiger partial charge in [0, 0.05) is 10.9 Å². The first-order valence-electron chi connectivity index (χ1n) is 5.93. The zero-order valence-electron chi connectivity index (χ0n) is 11.0. The Kier molecular flexibility index (Phi) is 4.18. The molecular weight excluding hydrogens is 297 g/mol. The van der Waals surface area contributed by atoms with E-state index >= 15 is 0 Å². The molecule has 6 nitrogen and oxygen atoms in total. The molecule has 2 aromatic rings. The highest BCUT2D eigenvalue weighted by Gasteiger charge is 2.17. The Hall–Kier alpha value is -2.48. The number of aromatic carboxylic acids is 1. The lowest BCUT2D eigenvalue weighted by Gasteiger charge is -2.11. The number of carboxylic acid groups (broad SMARTS) is 1. The summed E-state index contributed by atoms with van der Waals surface area (Å²) in [7, 11) is 0. The molecule has 21 heavy (non-hydrogen) atoms. The molecule has 1 atom stereocenters. The van der Waals surface area contributed by atoms with Crippen LogP contribution in [-0.4, -0.2) is 22.0 Å². The number of amides is 1. The zero-order valence-corrected chi connectivity index (χ0v) is 11.8. The standard InChI is InChI=1S/C13H12FN3O3S/c1-6(12-17-10(5-21-12)13(19)20)16-11(18)7-2-3-9(15)8(14)4-7/h2-6H,15H2,1H3,(H,16,18)(H,19,20). The Morgan fingerprint density at radius 3 is 2.76 bits per heavy atom. The molecule has 8 heteroatoms. The molecule has 1 aromatic heterocycles. The Labute approximate surface area is 123 Å². The molecule has 0 saturated carbocycles. The Balaban J connectivity index is 2.10. The van der Waals surface area contributed by atoms with Crippen LogP contribution in [0.1, 0.15) is 38.8 Å². The number of halogens is 1. The van der Waals surface area contributed by atoms with Gasteiger partial charge >= 0.3 is 5.97 Å². The number of nitrogens with zero attached hydrogens (tertiary/aromatic N) is 1. The average molecular weight is 309 g/mol. The lowest BCUT2D eigenvalue weighted by molar-refractivity contribution is 0.0691.